The Bertz CT molecular complexity index is 1430. The van der Waals surface area contributed by atoms with Crippen molar-refractivity contribution in [2.24, 2.45) is 17.8 Å². The molecule has 0 aromatic rings. The Labute approximate surface area is 290 Å². The number of allylic oxidation sites excluding steroid dienone is 12. The molecule has 0 spiro atoms. The lowest BCUT2D eigenvalue weighted by atomic mass is 9.82. The van der Waals surface area contributed by atoms with Crippen LogP contribution in [-0.2, 0) is 0 Å². The fourth-order valence-corrected chi connectivity index (χ4v) is 9.68. The zero-order valence-electron chi connectivity index (χ0n) is 29.0. The van der Waals surface area contributed by atoms with Gasteiger partial charge in [-0.3, -0.25) is 26.6 Å². The fourth-order valence-electron chi connectivity index (χ4n) is 9.68. The van der Waals surface area contributed by atoms with Gasteiger partial charge in [0.15, 0.2) is 0 Å². The van der Waals surface area contributed by atoms with Crippen LogP contribution in [0.2, 0.25) is 0 Å². The molecular formula is C43H59N5. The van der Waals surface area contributed by atoms with E-state index in [2.05, 4.69) is 106 Å². The van der Waals surface area contributed by atoms with Gasteiger partial charge in [-0.2, -0.15) is 0 Å². The lowest BCUT2D eigenvalue weighted by molar-refractivity contribution is 0.123. The maximum absolute atomic E-state index is 4.11. The van der Waals surface area contributed by atoms with Gasteiger partial charge in [-0.1, -0.05) is 104 Å². The van der Waals surface area contributed by atoms with E-state index in [1.54, 1.807) is 11.1 Å². The topological polar surface area (TPSA) is 60.1 Å². The van der Waals surface area contributed by atoms with E-state index in [4.69, 9.17) is 0 Å². The predicted octanol–water partition coefficient (Wildman–Crippen LogP) is 8.03. The molecule has 2 saturated heterocycles. The summed E-state index contributed by atoms with van der Waals surface area (Å²) in [6, 6.07) is 0.816. The van der Waals surface area contributed by atoms with Crippen LogP contribution in [0, 0.1) is 17.8 Å². The first-order valence-corrected chi connectivity index (χ1v) is 19.8. The summed E-state index contributed by atoms with van der Waals surface area (Å²) in [4.78, 5) is 0. The van der Waals surface area contributed by atoms with Crippen LogP contribution in [-0.4, -0.2) is 36.7 Å². The molecule has 48 heavy (non-hydrogen) atoms. The Hall–Kier alpha value is -2.54. The normalized spacial score (nSPS) is 37.7. The molecule has 0 aromatic carbocycles. The third-order valence-corrected chi connectivity index (χ3v) is 12.4. The van der Waals surface area contributed by atoms with E-state index in [1.165, 1.54) is 87.3 Å². The van der Waals surface area contributed by atoms with Crippen molar-refractivity contribution < 1.29 is 0 Å². The van der Waals surface area contributed by atoms with Crippen LogP contribution >= 0.6 is 0 Å². The summed E-state index contributed by atoms with van der Waals surface area (Å²) >= 11 is 0. The molecule has 2 aliphatic heterocycles. The maximum Gasteiger partial charge on any atom is 0.0818 e. The highest BCUT2D eigenvalue weighted by molar-refractivity contribution is 5.50. The molecule has 0 aromatic heterocycles. The monoisotopic (exact) mass is 645 g/mol. The van der Waals surface area contributed by atoms with E-state index >= 15 is 0 Å². The van der Waals surface area contributed by atoms with Gasteiger partial charge in [0.2, 0.25) is 0 Å². The number of hydrogen-bond donors (Lipinski definition) is 5. The van der Waals surface area contributed by atoms with E-state index in [0.717, 1.165) is 38.0 Å². The average Bonchev–Trinajstić information content (AvgIpc) is 3.19. The zero-order valence-corrected chi connectivity index (χ0v) is 29.0. The molecule has 8 aliphatic rings. The molecule has 1 saturated carbocycles. The standard InChI is InChI=1S/C43H59N5/c1-5-15-30(16-6-1)38-29-39(31-17-7-2-8-18-31)45-42(44-38)36-25-13-23-34(27-36)35-24-14-26-37(28-35)43-47-40(32-19-9-3-10-20-32)46-41(48-43)33-21-11-4-12-22-33/h1,5,7,13-15,17-19,23-24,27-28,33,36-48H,2-4,6,8-12,16,20-22,25-26,29H2. The van der Waals surface area contributed by atoms with Crippen molar-refractivity contribution in [2.45, 2.75) is 139 Å². The average molecular weight is 646 g/mol. The summed E-state index contributed by atoms with van der Waals surface area (Å²) in [7, 11) is 0. The number of hydrogen-bond acceptors (Lipinski definition) is 5. The summed E-state index contributed by atoms with van der Waals surface area (Å²) in [5.41, 5.74) is 7.42. The molecule has 6 aliphatic carbocycles. The predicted molar refractivity (Wildman–Crippen MR) is 200 cm³/mol. The first kappa shape index (κ1) is 32.7. The van der Waals surface area contributed by atoms with E-state index in [0.29, 0.717) is 30.1 Å². The Kier molecular flexibility index (Phi) is 10.6. The molecule has 0 radical (unpaired) electrons. The zero-order chi connectivity index (χ0) is 32.1. The first-order chi connectivity index (χ1) is 23.8. The lowest BCUT2D eigenvalue weighted by Gasteiger charge is -2.46. The van der Waals surface area contributed by atoms with Gasteiger partial charge in [-0.15, -0.1) is 0 Å². The van der Waals surface area contributed by atoms with E-state index in [9.17, 15) is 0 Å². The number of nitrogens with one attached hydrogen (secondary N) is 5. The van der Waals surface area contributed by atoms with E-state index < -0.39 is 0 Å². The quantitative estimate of drug-likeness (QED) is 0.182. The SMILES string of the molecule is C1=CCCC(C2CC(C3=CCCC=C3)NC(C3C=C(C4=CC(C5NC(C6=CCCCC6)NC(C6CCCCC6)N5)CC=C4)C=CC3)N2)=C1. The second-order valence-corrected chi connectivity index (χ2v) is 15.7. The van der Waals surface area contributed by atoms with Crippen molar-refractivity contribution in [3.05, 3.63) is 107 Å². The molecule has 5 heteroatoms. The van der Waals surface area contributed by atoms with Gasteiger partial charge in [-0.25, -0.2) is 0 Å². The Morgan fingerprint density at radius 2 is 1.31 bits per heavy atom. The molecule has 0 amide bonds. The molecule has 2 heterocycles. The lowest BCUT2D eigenvalue weighted by Crippen LogP contribution is -2.71. The highest BCUT2D eigenvalue weighted by Crippen LogP contribution is 2.35. The van der Waals surface area contributed by atoms with Gasteiger partial charge < -0.3 is 0 Å². The minimum absolute atomic E-state index is 0.245. The highest BCUT2D eigenvalue weighted by Gasteiger charge is 2.38. The van der Waals surface area contributed by atoms with Crippen LogP contribution in [0.25, 0.3) is 0 Å². The summed E-state index contributed by atoms with van der Waals surface area (Å²) in [5, 5.41) is 20.4. The summed E-state index contributed by atoms with van der Waals surface area (Å²) in [5.74, 6) is 1.56. The van der Waals surface area contributed by atoms with E-state index in [-0.39, 0.29) is 18.5 Å². The molecule has 5 nitrogen and oxygen atoms in total. The van der Waals surface area contributed by atoms with Gasteiger partial charge in [0.25, 0.3) is 0 Å². The van der Waals surface area contributed by atoms with Crippen LogP contribution in [0.3, 0.4) is 0 Å². The fraction of sp³-hybridized carbons (Fsp3) is 0.581. The molecule has 8 atom stereocenters. The van der Waals surface area contributed by atoms with Gasteiger partial charge in [0.1, 0.15) is 0 Å². The molecule has 5 N–H and O–H groups in total. The van der Waals surface area contributed by atoms with Crippen LogP contribution in [0.1, 0.15) is 103 Å². The molecule has 3 fully saturated rings. The highest BCUT2D eigenvalue weighted by atomic mass is 15.4. The minimum Gasteiger partial charge on any atom is -0.295 e. The van der Waals surface area contributed by atoms with Crippen molar-refractivity contribution in [2.75, 3.05) is 0 Å². The van der Waals surface area contributed by atoms with Gasteiger partial charge in [-0.05, 0) is 112 Å². The van der Waals surface area contributed by atoms with Gasteiger partial charge >= 0.3 is 0 Å². The van der Waals surface area contributed by atoms with Crippen molar-refractivity contribution in [3.63, 3.8) is 0 Å². The van der Waals surface area contributed by atoms with Crippen molar-refractivity contribution in [1.82, 2.24) is 26.6 Å². The largest absolute Gasteiger partial charge is 0.295 e. The number of rotatable bonds is 7. The van der Waals surface area contributed by atoms with Crippen LogP contribution in [0.4, 0.5) is 0 Å². The summed E-state index contributed by atoms with van der Waals surface area (Å²) in [6.45, 7) is 0. The third kappa shape index (κ3) is 7.61. The summed E-state index contributed by atoms with van der Waals surface area (Å²) < 4.78 is 0. The van der Waals surface area contributed by atoms with Crippen molar-refractivity contribution in [1.29, 1.82) is 0 Å². The van der Waals surface area contributed by atoms with Gasteiger partial charge in [0.05, 0.1) is 24.7 Å². The third-order valence-electron chi connectivity index (χ3n) is 12.4. The van der Waals surface area contributed by atoms with Gasteiger partial charge in [0, 0.05) is 23.9 Å². The van der Waals surface area contributed by atoms with E-state index in [1.807, 2.05) is 0 Å². The Morgan fingerprint density at radius 3 is 2.02 bits per heavy atom. The molecule has 256 valence electrons. The molecule has 0 bridgehead atoms. The minimum atomic E-state index is 0.245. The summed E-state index contributed by atoms with van der Waals surface area (Å²) in [6.07, 6.45) is 52.6. The van der Waals surface area contributed by atoms with Crippen LogP contribution in [0.15, 0.2) is 107 Å². The van der Waals surface area contributed by atoms with Crippen molar-refractivity contribution in [3.8, 4) is 0 Å². The van der Waals surface area contributed by atoms with Crippen LogP contribution in [0.5, 0.6) is 0 Å². The smallest absolute Gasteiger partial charge is 0.0818 e. The molecule has 8 unspecified atom stereocenters. The van der Waals surface area contributed by atoms with Crippen molar-refractivity contribution >= 4 is 0 Å². The molecule has 8 rings (SSSR count). The first-order valence-electron chi connectivity index (χ1n) is 19.8. The maximum atomic E-state index is 4.11. The second-order valence-electron chi connectivity index (χ2n) is 15.7. The second kappa shape index (κ2) is 15.6. The van der Waals surface area contributed by atoms with Crippen LogP contribution < -0.4 is 26.6 Å². The Balaban J connectivity index is 1.01. The molecular weight excluding hydrogens is 587 g/mol. The Morgan fingerprint density at radius 1 is 0.542 bits per heavy atom.